The van der Waals surface area contributed by atoms with Gasteiger partial charge in [-0.1, -0.05) is 48.5 Å². The average molecular weight is 437 g/mol. The number of halogens is 1. The van der Waals surface area contributed by atoms with E-state index in [0.717, 1.165) is 10.2 Å². The SMILES string of the molecule is CC(C)(C)C(=O)CSc1nc2ccsc2c(=O)n1-c1ccc(Br)cc1. The van der Waals surface area contributed by atoms with Gasteiger partial charge in [0.1, 0.15) is 10.5 Å². The molecular weight excluding hydrogens is 420 g/mol. The van der Waals surface area contributed by atoms with Crippen LogP contribution in [0.4, 0.5) is 0 Å². The number of aromatic nitrogens is 2. The molecule has 2 heterocycles. The monoisotopic (exact) mass is 436 g/mol. The van der Waals surface area contributed by atoms with E-state index in [1.807, 2.05) is 56.5 Å². The second-order valence-corrected chi connectivity index (χ2v) is 9.38. The standard InChI is InChI=1S/C18H17BrN2O2S2/c1-18(2,3)14(22)10-25-17-20-13-8-9-24-15(13)16(23)21(17)12-6-4-11(19)5-7-12/h4-9H,10H2,1-3H3. The fourth-order valence-corrected chi connectivity index (χ4v) is 4.35. The molecule has 0 saturated carbocycles. The summed E-state index contributed by atoms with van der Waals surface area (Å²) >= 11 is 6.10. The number of carbonyl (C=O) groups excluding carboxylic acids is 1. The van der Waals surface area contributed by atoms with Gasteiger partial charge < -0.3 is 0 Å². The molecule has 0 fully saturated rings. The fourth-order valence-electron chi connectivity index (χ4n) is 2.15. The summed E-state index contributed by atoms with van der Waals surface area (Å²) in [7, 11) is 0. The minimum Gasteiger partial charge on any atom is -0.298 e. The molecule has 0 aliphatic carbocycles. The van der Waals surface area contributed by atoms with Gasteiger partial charge in [-0.25, -0.2) is 4.98 Å². The number of hydrogen-bond acceptors (Lipinski definition) is 5. The van der Waals surface area contributed by atoms with Crippen LogP contribution in [0.5, 0.6) is 0 Å². The molecule has 0 radical (unpaired) electrons. The molecular formula is C18H17BrN2O2S2. The van der Waals surface area contributed by atoms with Gasteiger partial charge in [0.2, 0.25) is 0 Å². The van der Waals surface area contributed by atoms with Crippen molar-refractivity contribution in [3.63, 3.8) is 0 Å². The van der Waals surface area contributed by atoms with Crippen molar-refractivity contribution in [3.8, 4) is 5.69 Å². The number of hydrogen-bond donors (Lipinski definition) is 0. The average Bonchev–Trinajstić information content (AvgIpc) is 3.02. The molecule has 0 aliphatic rings. The number of ketones is 1. The molecule has 3 rings (SSSR count). The summed E-state index contributed by atoms with van der Waals surface area (Å²) < 4.78 is 3.15. The number of rotatable bonds is 4. The van der Waals surface area contributed by atoms with Crippen molar-refractivity contribution in [2.75, 3.05) is 5.75 Å². The highest BCUT2D eigenvalue weighted by Gasteiger charge is 2.22. The normalized spacial score (nSPS) is 11.8. The Labute approximate surface area is 162 Å². The molecule has 7 heteroatoms. The van der Waals surface area contributed by atoms with Crippen molar-refractivity contribution in [3.05, 3.63) is 50.5 Å². The zero-order chi connectivity index (χ0) is 18.2. The molecule has 3 aromatic rings. The molecule has 0 bridgehead atoms. The van der Waals surface area contributed by atoms with Crippen molar-refractivity contribution in [2.24, 2.45) is 5.41 Å². The maximum absolute atomic E-state index is 13.0. The third-order valence-electron chi connectivity index (χ3n) is 3.70. The Morgan fingerprint density at radius 3 is 2.56 bits per heavy atom. The molecule has 0 amide bonds. The van der Waals surface area contributed by atoms with Crippen molar-refractivity contribution >= 4 is 55.0 Å². The highest BCUT2D eigenvalue weighted by molar-refractivity contribution is 9.10. The lowest BCUT2D eigenvalue weighted by molar-refractivity contribution is -0.123. The minimum absolute atomic E-state index is 0.104. The Bertz CT molecular complexity index is 985. The predicted molar refractivity (Wildman–Crippen MR) is 108 cm³/mol. The zero-order valence-electron chi connectivity index (χ0n) is 14.1. The van der Waals surface area contributed by atoms with E-state index in [0.29, 0.717) is 15.4 Å². The third-order valence-corrected chi connectivity index (χ3v) is 6.06. The van der Waals surface area contributed by atoms with Gasteiger partial charge in [-0.3, -0.25) is 14.2 Å². The van der Waals surface area contributed by atoms with Gasteiger partial charge in [0, 0.05) is 9.89 Å². The largest absolute Gasteiger partial charge is 0.298 e. The molecule has 0 saturated heterocycles. The van der Waals surface area contributed by atoms with E-state index in [2.05, 4.69) is 20.9 Å². The number of thiophene rings is 1. The molecule has 4 nitrogen and oxygen atoms in total. The van der Waals surface area contributed by atoms with Crippen LogP contribution in [0.1, 0.15) is 20.8 Å². The number of Topliss-reactive ketones (excluding diaryl/α,β-unsaturated/α-hetero) is 1. The Morgan fingerprint density at radius 1 is 1.24 bits per heavy atom. The van der Waals surface area contributed by atoms with Crippen molar-refractivity contribution < 1.29 is 4.79 Å². The first kappa shape index (κ1) is 18.4. The lowest BCUT2D eigenvalue weighted by atomic mass is 9.92. The summed E-state index contributed by atoms with van der Waals surface area (Å²) in [5.74, 6) is 0.404. The number of thioether (sulfide) groups is 1. The maximum Gasteiger partial charge on any atom is 0.276 e. The minimum atomic E-state index is -0.414. The summed E-state index contributed by atoms with van der Waals surface area (Å²) in [6.45, 7) is 5.69. The van der Waals surface area contributed by atoms with Crippen LogP contribution in [0.3, 0.4) is 0 Å². The summed E-state index contributed by atoms with van der Waals surface area (Å²) in [5, 5.41) is 2.40. The van der Waals surface area contributed by atoms with Gasteiger partial charge in [0.05, 0.1) is 17.0 Å². The van der Waals surface area contributed by atoms with Gasteiger partial charge in [-0.05, 0) is 35.7 Å². The van der Waals surface area contributed by atoms with E-state index in [4.69, 9.17) is 0 Å². The Kier molecular flexibility index (Phi) is 5.18. The topological polar surface area (TPSA) is 52.0 Å². The zero-order valence-corrected chi connectivity index (χ0v) is 17.3. The van der Waals surface area contributed by atoms with Crippen LogP contribution in [-0.4, -0.2) is 21.1 Å². The Balaban J connectivity index is 2.09. The van der Waals surface area contributed by atoms with Crippen molar-refractivity contribution in [1.82, 2.24) is 9.55 Å². The van der Waals surface area contributed by atoms with E-state index >= 15 is 0 Å². The van der Waals surface area contributed by atoms with Gasteiger partial charge >= 0.3 is 0 Å². The lowest BCUT2D eigenvalue weighted by Gasteiger charge is -2.17. The summed E-state index contributed by atoms with van der Waals surface area (Å²) in [5.41, 5.74) is 0.895. The van der Waals surface area contributed by atoms with Gasteiger partial charge in [-0.2, -0.15) is 0 Å². The van der Waals surface area contributed by atoms with Gasteiger partial charge in [0.15, 0.2) is 5.16 Å². The van der Waals surface area contributed by atoms with E-state index < -0.39 is 5.41 Å². The summed E-state index contributed by atoms with van der Waals surface area (Å²) in [6, 6.07) is 9.33. The van der Waals surface area contributed by atoms with Crippen molar-refractivity contribution in [1.29, 1.82) is 0 Å². The lowest BCUT2D eigenvalue weighted by Crippen LogP contribution is -2.24. The summed E-state index contributed by atoms with van der Waals surface area (Å²) in [6.07, 6.45) is 0. The first-order valence-corrected chi connectivity index (χ1v) is 10.4. The van der Waals surface area contributed by atoms with Crippen LogP contribution < -0.4 is 5.56 Å². The predicted octanol–water partition coefficient (Wildman–Crippen LogP) is 4.92. The van der Waals surface area contributed by atoms with Crippen LogP contribution in [0.15, 0.2) is 50.1 Å². The molecule has 25 heavy (non-hydrogen) atoms. The molecule has 0 unspecified atom stereocenters. The highest BCUT2D eigenvalue weighted by atomic mass is 79.9. The smallest absolute Gasteiger partial charge is 0.276 e. The first-order valence-electron chi connectivity index (χ1n) is 7.69. The van der Waals surface area contributed by atoms with Gasteiger partial charge in [-0.15, -0.1) is 11.3 Å². The van der Waals surface area contributed by atoms with Crippen molar-refractivity contribution in [2.45, 2.75) is 25.9 Å². The second-order valence-electron chi connectivity index (χ2n) is 6.61. The van der Waals surface area contributed by atoms with Gasteiger partial charge in [0.25, 0.3) is 5.56 Å². The maximum atomic E-state index is 13.0. The third kappa shape index (κ3) is 3.88. The summed E-state index contributed by atoms with van der Waals surface area (Å²) in [4.78, 5) is 29.9. The molecule has 2 aromatic heterocycles. The van der Waals surface area contributed by atoms with Crippen LogP contribution >= 0.6 is 39.0 Å². The highest BCUT2D eigenvalue weighted by Crippen LogP contribution is 2.26. The molecule has 0 spiro atoms. The fraction of sp³-hybridized carbons (Fsp3) is 0.278. The number of nitrogens with zero attached hydrogens (tertiary/aromatic N) is 2. The molecule has 0 atom stereocenters. The number of fused-ring (bicyclic) bond motifs is 1. The van der Waals surface area contributed by atoms with Crippen LogP contribution in [0, 0.1) is 5.41 Å². The first-order chi connectivity index (χ1) is 11.8. The van der Waals surface area contributed by atoms with E-state index in [9.17, 15) is 9.59 Å². The van der Waals surface area contributed by atoms with Crippen LogP contribution in [0.2, 0.25) is 0 Å². The molecule has 130 valence electrons. The molecule has 0 N–H and O–H groups in total. The Morgan fingerprint density at radius 2 is 1.92 bits per heavy atom. The quantitative estimate of drug-likeness (QED) is 0.430. The van der Waals surface area contributed by atoms with E-state index in [1.165, 1.54) is 23.1 Å². The van der Waals surface area contributed by atoms with E-state index in [-0.39, 0.29) is 17.1 Å². The Hall–Kier alpha value is -1.44. The number of benzene rings is 1. The molecule has 0 aliphatic heterocycles. The van der Waals surface area contributed by atoms with E-state index in [1.54, 1.807) is 4.57 Å². The molecule has 1 aromatic carbocycles. The van der Waals surface area contributed by atoms with Crippen LogP contribution in [-0.2, 0) is 4.79 Å². The number of carbonyl (C=O) groups is 1. The second kappa shape index (κ2) is 7.05. The van der Waals surface area contributed by atoms with Crippen LogP contribution in [0.25, 0.3) is 15.9 Å².